The van der Waals surface area contributed by atoms with E-state index in [-0.39, 0.29) is 5.91 Å². The van der Waals surface area contributed by atoms with Crippen molar-refractivity contribution in [2.24, 2.45) is 5.73 Å². The fraction of sp³-hybridized carbons (Fsp3) is 0.500. The molecule has 1 rings (SSSR count). The summed E-state index contributed by atoms with van der Waals surface area (Å²) in [5.74, 6) is 0.101. The lowest BCUT2D eigenvalue weighted by molar-refractivity contribution is -0.118. The Bertz CT molecular complexity index is 380. The van der Waals surface area contributed by atoms with Gasteiger partial charge in [0, 0.05) is 38.9 Å². The van der Waals surface area contributed by atoms with Gasteiger partial charge in [0.2, 0.25) is 5.91 Å². The molecule has 0 aromatic heterocycles. The zero-order valence-corrected chi connectivity index (χ0v) is 11.2. The molecule has 4 heteroatoms. The van der Waals surface area contributed by atoms with Crippen LogP contribution >= 0.6 is 0 Å². The Morgan fingerprint density at radius 2 is 2.22 bits per heavy atom. The zero-order valence-electron chi connectivity index (χ0n) is 11.2. The van der Waals surface area contributed by atoms with Crippen molar-refractivity contribution in [3.8, 4) is 0 Å². The van der Waals surface area contributed by atoms with E-state index < -0.39 is 0 Å². The lowest BCUT2D eigenvalue weighted by atomic mass is 10.2. The number of rotatable bonds is 7. The Balaban J connectivity index is 2.51. The van der Waals surface area contributed by atoms with E-state index in [4.69, 9.17) is 10.5 Å². The van der Waals surface area contributed by atoms with Crippen molar-refractivity contribution in [2.45, 2.75) is 26.3 Å². The predicted molar refractivity (Wildman–Crippen MR) is 73.5 cm³/mol. The second kappa shape index (κ2) is 7.84. The van der Waals surface area contributed by atoms with Crippen molar-refractivity contribution < 1.29 is 9.53 Å². The van der Waals surface area contributed by atoms with Crippen LogP contribution in [0, 0.1) is 0 Å². The van der Waals surface area contributed by atoms with Gasteiger partial charge in [-0.05, 0) is 31.0 Å². The van der Waals surface area contributed by atoms with Gasteiger partial charge in [-0.15, -0.1) is 0 Å². The lowest BCUT2D eigenvalue weighted by Crippen LogP contribution is -2.26. The van der Waals surface area contributed by atoms with Crippen LogP contribution < -0.4 is 10.6 Å². The fourth-order valence-electron chi connectivity index (χ4n) is 1.67. The Morgan fingerprint density at radius 1 is 1.44 bits per heavy atom. The molecule has 1 aromatic rings. The van der Waals surface area contributed by atoms with Gasteiger partial charge >= 0.3 is 0 Å². The van der Waals surface area contributed by atoms with Crippen LogP contribution in [0.5, 0.6) is 0 Å². The van der Waals surface area contributed by atoms with Gasteiger partial charge in [0.25, 0.3) is 0 Å². The first-order chi connectivity index (χ1) is 8.69. The van der Waals surface area contributed by atoms with E-state index >= 15 is 0 Å². The molecule has 0 bridgehead atoms. The minimum atomic E-state index is 0.101. The molecular formula is C14H22N2O2. The average molecular weight is 250 g/mol. The zero-order chi connectivity index (χ0) is 13.4. The van der Waals surface area contributed by atoms with Gasteiger partial charge in [0.15, 0.2) is 0 Å². The highest BCUT2D eigenvalue weighted by atomic mass is 16.5. The number of nitrogens with two attached hydrogens (primary N) is 1. The molecule has 0 saturated heterocycles. The maximum atomic E-state index is 11.9. The number of nitrogens with zero attached hydrogens (tertiary/aromatic N) is 1. The number of benzene rings is 1. The number of carbonyl (C=O) groups is 1. The first-order valence-corrected chi connectivity index (χ1v) is 6.32. The molecule has 0 saturated carbocycles. The largest absolute Gasteiger partial charge is 0.382 e. The van der Waals surface area contributed by atoms with Gasteiger partial charge in [0.05, 0.1) is 0 Å². The van der Waals surface area contributed by atoms with E-state index in [1.54, 1.807) is 11.9 Å². The van der Waals surface area contributed by atoms with Gasteiger partial charge in [-0.25, -0.2) is 0 Å². The standard InChI is InChI=1S/C14H22N2O2/c1-3-18-9-5-8-14(17)16(2)13-7-4-6-12(10-13)11-15/h4,6-7,10H,3,5,8-9,11,15H2,1-2H3. The number of hydrogen-bond donors (Lipinski definition) is 1. The predicted octanol–water partition coefficient (Wildman–Crippen LogP) is 1.92. The first kappa shape index (κ1) is 14.7. The third-order valence-electron chi connectivity index (χ3n) is 2.79. The third-order valence-corrected chi connectivity index (χ3v) is 2.79. The van der Waals surface area contributed by atoms with E-state index in [0.717, 1.165) is 17.7 Å². The van der Waals surface area contributed by atoms with Crippen LogP contribution in [0.15, 0.2) is 24.3 Å². The van der Waals surface area contributed by atoms with Gasteiger partial charge in [0.1, 0.15) is 0 Å². The van der Waals surface area contributed by atoms with Crippen LogP contribution in [0.2, 0.25) is 0 Å². The smallest absolute Gasteiger partial charge is 0.226 e. The highest BCUT2D eigenvalue weighted by molar-refractivity contribution is 5.92. The molecule has 0 aliphatic carbocycles. The topological polar surface area (TPSA) is 55.6 Å². The molecule has 1 amide bonds. The maximum absolute atomic E-state index is 11.9. The van der Waals surface area contributed by atoms with E-state index in [0.29, 0.717) is 26.2 Å². The summed E-state index contributed by atoms with van der Waals surface area (Å²) in [6.45, 7) is 3.77. The van der Waals surface area contributed by atoms with Crippen molar-refractivity contribution in [1.29, 1.82) is 0 Å². The van der Waals surface area contributed by atoms with Crippen LogP contribution in [0.3, 0.4) is 0 Å². The van der Waals surface area contributed by atoms with Crippen LogP contribution in [-0.2, 0) is 16.1 Å². The van der Waals surface area contributed by atoms with E-state index in [1.807, 2.05) is 31.2 Å². The molecule has 0 atom stereocenters. The Morgan fingerprint density at radius 3 is 2.89 bits per heavy atom. The quantitative estimate of drug-likeness (QED) is 0.752. The molecule has 0 fully saturated rings. The second-order valence-electron chi connectivity index (χ2n) is 4.13. The summed E-state index contributed by atoms with van der Waals surface area (Å²) >= 11 is 0. The van der Waals surface area contributed by atoms with Crippen LogP contribution in [0.1, 0.15) is 25.3 Å². The summed E-state index contributed by atoms with van der Waals surface area (Å²) in [7, 11) is 1.79. The molecule has 4 nitrogen and oxygen atoms in total. The molecular weight excluding hydrogens is 228 g/mol. The highest BCUT2D eigenvalue weighted by Gasteiger charge is 2.10. The molecule has 0 heterocycles. The van der Waals surface area contributed by atoms with E-state index in [1.165, 1.54) is 0 Å². The van der Waals surface area contributed by atoms with Crippen molar-refractivity contribution >= 4 is 11.6 Å². The van der Waals surface area contributed by atoms with Crippen molar-refractivity contribution in [3.63, 3.8) is 0 Å². The van der Waals surface area contributed by atoms with Crippen LogP contribution in [0.4, 0.5) is 5.69 Å². The van der Waals surface area contributed by atoms with Gasteiger partial charge in [-0.1, -0.05) is 12.1 Å². The molecule has 0 radical (unpaired) electrons. The maximum Gasteiger partial charge on any atom is 0.226 e. The first-order valence-electron chi connectivity index (χ1n) is 6.32. The normalized spacial score (nSPS) is 10.4. The Labute approximate surface area is 109 Å². The number of ether oxygens (including phenoxy) is 1. The fourth-order valence-corrected chi connectivity index (χ4v) is 1.67. The van der Waals surface area contributed by atoms with E-state index in [2.05, 4.69) is 0 Å². The number of carbonyl (C=O) groups excluding carboxylic acids is 1. The summed E-state index contributed by atoms with van der Waals surface area (Å²) in [5.41, 5.74) is 7.51. The van der Waals surface area contributed by atoms with E-state index in [9.17, 15) is 4.79 Å². The third kappa shape index (κ3) is 4.47. The van der Waals surface area contributed by atoms with Crippen molar-refractivity contribution in [3.05, 3.63) is 29.8 Å². The Kier molecular flexibility index (Phi) is 6.39. The summed E-state index contributed by atoms with van der Waals surface area (Å²) in [6, 6.07) is 7.73. The van der Waals surface area contributed by atoms with Crippen molar-refractivity contribution in [1.82, 2.24) is 0 Å². The number of anilines is 1. The summed E-state index contributed by atoms with van der Waals surface area (Å²) in [4.78, 5) is 13.6. The SMILES string of the molecule is CCOCCCC(=O)N(C)c1cccc(CN)c1. The minimum Gasteiger partial charge on any atom is -0.382 e. The lowest BCUT2D eigenvalue weighted by Gasteiger charge is -2.18. The van der Waals surface area contributed by atoms with Gasteiger partial charge in [-0.3, -0.25) is 4.79 Å². The summed E-state index contributed by atoms with van der Waals surface area (Å²) < 4.78 is 5.22. The van der Waals surface area contributed by atoms with Crippen LogP contribution in [0.25, 0.3) is 0 Å². The van der Waals surface area contributed by atoms with Crippen LogP contribution in [-0.4, -0.2) is 26.2 Å². The Hall–Kier alpha value is -1.39. The van der Waals surface area contributed by atoms with Gasteiger partial charge < -0.3 is 15.4 Å². The molecule has 0 aliphatic heterocycles. The second-order valence-corrected chi connectivity index (χ2v) is 4.13. The van der Waals surface area contributed by atoms with Gasteiger partial charge in [-0.2, -0.15) is 0 Å². The molecule has 0 spiro atoms. The molecule has 0 aliphatic rings. The number of hydrogen-bond acceptors (Lipinski definition) is 3. The highest BCUT2D eigenvalue weighted by Crippen LogP contribution is 2.15. The molecule has 100 valence electrons. The average Bonchev–Trinajstić information content (AvgIpc) is 2.42. The molecule has 0 unspecified atom stereocenters. The molecule has 1 aromatic carbocycles. The summed E-state index contributed by atoms with van der Waals surface area (Å²) in [5, 5.41) is 0. The molecule has 2 N–H and O–H groups in total. The minimum absolute atomic E-state index is 0.101. The summed E-state index contributed by atoms with van der Waals surface area (Å²) in [6.07, 6.45) is 1.26. The monoisotopic (exact) mass is 250 g/mol. The number of amides is 1. The van der Waals surface area contributed by atoms with Crippen molar-refractivity contribution in [2.75, 3.05) is 25.2 Å². The molecule has 18 heavy (non-hydrogen) atoms.